The van der Waals surface area contributed by atoms with Gasteiger partial charge < -0.3 is 5.32 Å². The molecule has 0 unspecified atom stereocenters. The second-order valence-electron chi connectivity index (χ2n) is 6.35. The van der Waals surface area contributed by atoms with Crippen LogP contribution in [0.2, 0.25) is 5.02 Å². The highest BCUT2D eigenvalue weighted by molar-refractivity contribution is 7.89. The summed E-state index contributed by atoms with van der Waals surface area (Å²) in [6.07, 6.45) is 0. The van der Waals surface area contributed by atoms with Gasteiger partial charge in [0.25, 0.3) is 5.56 Å². The minimum atomic E-state index is -3.72. The van der Waals surface area contributed by atoms with Crippen molar-refractivity contribution in [2.45, 2.75) is 25.3 Å². The van der Waals surface area contributed by atoms with Crippen molar-refractivity contribution in [2.75, 3.05) is 18.4 Å². The minimum absolute atomic E-state index is 0.00793. The van der Waals surface area contributed by atoms with Crippen LogP contribution in [-0.2, 0) is 21.4 Å². The lowest BCUT2D eigenvalue weighted by molar-refractivity contribution is -0.117. The van der Waals surface area contributed by atoms with Crippen molar-refractivity contribution in [1.82, 2.24) is 19.3 Å². The van der Waals surface area contributed by atoms with Gasteiger partial charge in [-0.2, -0.15) is 4.31 Å². The minimum Gasteiger partial charge on any atom is -0.323 e. The average Bonchev–Trinajstić information content (AvgIpc) is 2.72. The van der Waals surface area contributed by atoms with Crippen molar-refractivity contribution < 1.29 is 13.2 Å². The first-order valence-electron chi connectivity index (χ1n) is 9.20. The smallest absolute Gasteiger partial charge is 0.278 e. The highest BCUT2D eigenvalue weighted by Gasteiger charge is 2.23. The summed E-state index contributed by atoms with van der Waals surface area (Å²) in [5, 5.41) is 10.7. The van der Waals surface area contributed by atoms with E-state index in [1.54, 1.807) is 38.1 Å². The zero-order valence-corrected chi connectivity index (χ0v) is 17.9. The number of nitrogens with one attached hydrogen (secondary N) is 1. The van der Waals surface area contributed by atoms with Crippen molar-refractivity contribution >= 4 is 44.1 Å². The van der Waals surface area contributed by atoms with E-state index in [4.69, 9.17) is 11.6 Å². The SMILES string of the molecule is CCN(CC)S(=O)(=O)c1ccc(Cl)c(NC(=O)Cn2nnc3ccccc3c2=O)c1. The molecule has 158 valence electrons. The molecule has 0 saturated heterocycles. The Morgan fingerprint density at radius 1 is 1.17 bits per heavy atom. The van der Waals surface area contributed by atoms with Gasteiger partial charge >= 0.3 is 0 Å². The average molecular weight is 450 g/mol. The summed E-state index contributed by atoms with van der Waals surface area (Å²) in [6.45, 7) is 3.70. The van der Waals surface area contributed by atoms with E-state index in [1.165, 1.54) is 22.5 Å². The number of anilines is 1. The molecule has 0 aliphatic rings. The summed E-state index contributed by atoms with van der Waals surface area (Å²) in [7, 11) is -3.72. The summed E-state index contributed by atoms with van der Waals surface area (Å²) in [5.41, 5.74) is 0.0907. The van der Waals surface area contributed by atoms with Crippen molar-refractivity contribution in [1.29, 1.82) is 0 Å². The number of aromatic nitrogens is 3. The van der Waals surface area contributed by atoms with Crippen molar-refractivity contribution in [3.63, 3.8) is 0 Å². The molecule has 30 heavy (non-hydrogen) atoms. The fourth-order valence-electron chi connectivity index (χ4n) is 2.93. The number of nitrogens with zero attached hydrogens (tertiary/aromatic N) is 4. The van der Waals surface area contributed by atoms with Crippen LogP contribution in [-0.4, -0.2) is 46.7 Å². The Hall–Kier alpha value is -2.82. The Labute approximate surface area is 178 Å². The van der Waals surface area contributed by atoms with Gasteiger partial charge in [-0.15, -0.1) is 5.10 Å². The molecule has 0 saturated carbocycles. The highest BCUT2D eigenvalue weighted by atomic mass is 35.5. The number of benzene rings is 2. The maximum atomic E-state index is 12.7. The fraction of sp³-hybridized carbons (Fsp3) is 0.263. The topological polar surface area (TPSA) is 114 Å². The van der Waals surface area contributed by atoms with Gasteiger partial charge in [0.1, 0.15) is 12.1 Å². The van der Waals surface area contributed by atoms with Crippen LogP contribution >= 0.6 is 11.6 Å². The number of halogens is 1. The molecule has 0 bridgehead atoms. The molecule has 0 atom stereocenters. The van der Waals surface area contributed by atoms with Crippen molar-refractivity contribution in [2.24, 2.45) is 0 Å². The maximum Gasteiger partial charge on any atom is 0.278 e. The van der Waals surface area contributed by atoms with Gasteiger partial charge in [0.2, 0.25) is 15.9 Å². The molecular formula is C19H20ClN5O4S. The molecule has 9 nitrogen and oxygen atoms in total. The number of hydrogen-bond donors (Lipinski definition) is 1. The predicted molar refractivity (Wildman–Crippen MR) is 114 cm³/mol. The largest absolute Gasteiger partial charge is 0.323 e. The second-order valence-corrected chi connectivity index (χ2v) is 8.69. The number of amides is 1. The summed E-state index contributed by atoms with van der Waals surface area (Å²) in [6, 6.07) is 10.7. The quantitative estimate of drug-likeness (QED) is 0.590. The zero-order valence-electron chi connectivity index (χ0n) is 16.4. The van der Waals surface area contributed by atoms with Crippen LogP contribution < -0.4 is 10.9 Å². The normalized spacial score (nSPS) is 11.7. The van der Waals surface area contributed by atoms with Gasteiger partial charge in [0.05, 0.1) is 21.0 Å². The van der Waals surface area contributed by atoms with E-state index in [-0.39, 0.29) is 15.6 Å². The number of carbonyl (C=O) groups excluding carboxylic acids is 1. The van der Waals surface area contributed by atoms with E-state index in [0.717, 1.165) is 4.68 Å². The summed E-state index contributed by atoms with van der Waals surface area (Å²) in [4.78, 5) is 25.0. The highest BCUT2D eigenvalue weighted by Crippen LogP contribution is 2.27. The van der Waals surface area contributed by atoms with Gasteiger partial charge in [-0.05, 0) is 30.3 Å². The predicted octanol–water partition coefficient (Wildman–Crippen LogP) is 2.11. The molecule has 0 fully saturated rings. The summed E-state index contributed by atoms with van der Waals surface area (Å²) >= 11 is 6.13. The Morgan fingerprint density at radius 2 is 1.87 bits per heavy atom. The van der Waals surface area contributed by atoms with Crippen LogP contribution in [0, 0.1) is 0 Å². The molecule has 0 radical (unpaired) electrons. The van der Waals surface area contributed by atoms with E-state index in [1.807, 2.05) is 0 Å². The molecule has 1 N–H and O–H groups in total. The molecule has 0 aliphatic heterocycles. The lowest BCUT2D eigenvalue weighted by Gasteiger charge is -2.19. The molecule has 3 aromatic rings. The molecule has 1 aromatic heterocycles. The third-order valence-electron chi connectivity index (χ3n) is 4.48. The molecule has 1 amide bonds. The number of fused-ring (bicyclic) bond motifs is 1. The van der Waals surface area contributed by atoms with Gasteiger partial charge in [-0.1, -0.05) is 42.8 Å². The second kappa shape index (κ2) is 8.90. The maximum absolute atomic E-state index is 12.7. The van der Waals surface area contributed by atoms with Crippen molar-refractivity contribution in [3.8, 4) is 0 Å². The van der Waals surface area contributed by atoms with E-state index < -0.39 is 28.0 Å². The number of hydrogen-bond acceptors (Lipinski definition) is 6. The van der Waals surface area contributed by atoms with E-state index in [9.17, 15) is 18.0 Å². The Kier molecular flexibility index (Phi) is 6.49. The Morgan fingerprint density at radius 3 is 2.57 bits per heavy atom. The number of carbonyl (C=O) groups is 1. The molecule has 11 heteroatoms. The third kappa shape index (κ3) is 4.35. The zero-order chi connectivity index (χ0) is 21.9. The molecule has 0 aliphatic carbocycles. The van der Waals surface area contributed by atoms with E-state index in [2.05, 4.69) is 15.6 Å². The van der Waals surface area contributed by atoms with Crippen LogP contribution in [0.3, 0.4) is 0 Å². The lowest BCUT2D eigenvalue weighted by atomic mass is 10.2. The first-order valence-corrected chi connectivity index (χ1v) is 11.0. The van der Waals surface area contributed by atoms with Crippen LogP contribution in [0.25, 0.3) is 10.9 Å². The summed E-state index contributed by atoms with van der Waals surface area (Å²) < 4.78 is 27.7. The summed E-state index contributed by atoms with van der Waals surface area (Å²) in [5.74, 6) is -0.596. The lowest BCUT2D eigenvalue weighted by Crippen LogP contribution is -2.31. The third-order valence-corrected chi connectivity index (χ3v) is 6.85. The molecule has 2 aromatic carbocycles. The van der Waals surface area contributed by atoms with Gasteiger partial charge in [-0.25, -0.2) is 13.1 Å². The molecule has 0 spiro atoms. The molecule has 1 heterocycles. The van der Waals surface area contributed by atoms with Crippen molar-refractivity contribution in [3.05, 3.63) is 57.8 Å². The monoisotopic (exact) mass is 449 g/mol. The first kappa shape index (κ1) is 21.9. The standard InChI is InChI=1S/C19H20ClN5O4S/c1-3-24(4-2)30(28,29)13-9-10-15(20)17(11-13)21-18(26)12-25-19(27)14-7-5-6-8-16(14)22-23-25/h5-11H,3-4,12H2,1-2H3,(H,21,26). The van der Waals surface area contributed by atoms with Gasteiger partial charge in [0, 0.05) is 13.1 Å². The first-order chi connectivity index (χ1) is 14.3. The van der Waals surface area contributed by atoms with Crippen LogP contribution in [0.1, 0.15) is 13.8 Å². The molecule has 3 rings (SSSR count). The number of sulfonamides is 1. The fourth-order valence-corrected chi connectivity index (χ4v) is 4.58. The molecular weight excluding hydrogens is 430 g/mol. The van der Waals surface area contributed by atoms with E-state index >= 15 is 0 Å². The number of rotatable bonds is 7. The van der Waals surface area contributed by atoms with Crippen LogP contribution in [0.4, 0.5) is 5.69 Å². The van der Waals surface area contributed by atoms with Gasteiger partial charge in [0.15, 0.2) is 0 Å². The Balaban J connectivity index is 1.85. The Bertz CT molecular complexity index is 1260. The van der Waals surface area contributed by atoms with Gasteiger partial charge in [-0.3, -0.25) is 9.59 Å². The van der Waals surface area contributed by atoms with E-state index in [0.29, 0.717) is 24.0 Å². The van der Waals surface area contributed by atoms with Crippen LogP contribution in [0.15, 0.2) is 52.2 Å². The van der Waals surface area contributed by atoms with Crippen LogP contribution in [0.5, 0.6) is 0 Å².